The van der Waals surface area contributed by atoms with Gasteiger partial charge in [-0.3, -0.25) is 14.1 Å². The number of aromatic nitrogens is 2. The summed E-state index contributed by atoms with van der Waals surface area (Å²) in [4.78, 5) is 21.9. The minimum Gasteiger partial charge on any atom is -0.354 e. The van der Waals surface area contributed by atoms with Crippen molar-refractivity contribution in [2.75, 3.05) is 0 Å². The quantitative estimate of drug-likeness (QED) is 0.702. The lowest BCUT2D eigenvalue weighted by molar-refractivity contribution is -0.109. The van der Waals surface area contributed by atoms with Crippen LogP contribution >= 0.6 is 0 Å². The summed E-state index contributed by atoms with van der Waals surface area (Å²) >= 11 is 0. The van der Waals surface area contributed by atoms with Crippen LogP contribution in [-0.2, 0) is 11.3 Å². The van der Waals surface area contributed by atoms with Gasteiger partial charge in [0.05, 0.1) is 5.52 Å². The average Bonchev–Trinajstić information content (AvgIpc) is 2.66. The normalized spacial score (nSPS) is 10.5. The van der Waals surface area contributed by atoms with E-state index in [0.717, 1.165) is 11.2 Å². The Balaban J connectivity index is 2.65. The lowest BCUT2D eigenvalue weighted by Crippen LogP contribution is -2.20. The number of carbonyl (C=O) groups is 1. The molecule has 5 heteroatoms. The molecule has 2 aromatic rings. The van der Waals surface area contributed by atoms with E-state index in [1.54, 1.807) is 12.3 Å². The minimum absolute atomic E-state index is 0.0542. The van der Waals surface area contributed by atoms with E-state index in [2.05, 4.69) is 10.4 Å². The molecule has 5 nitrogen and oxygen atoms in total. The lowest BCUT2D eigenvalue weighted by Gasteiger charge is -2.05. The van der Waals surface area contributed by atoms with Crippen molar-refractivity contribution in [1.29, 1.82) is 0 Å². The Bertz CT molecular complexity index is 553. The van der Waals surface area contributed by atoms with E-state index in [9.17, 15) is 9.59 Å². The van der Waals surface area contributed by atoms with Crippen LogP contribution in [0.4, 0.5) is 0 Å². The van der Waals surface area contributed by atoms with Crippen LogP contribution in [0.25, 0.3) is 5.52 Å². The molecule has 0 fully saturated rings. The number of hydrogen-bond donors (Lipinski definition) is 2. The number of rotatable bonds is 3. The third-order valence-corrected chi connectivity index (χ3v) is 2.35. The molecule has 0 bridgehead atoms. The molecule has 0 radical (unpaired) electrons. The number of nitrogens with one attached hydrogen (secondary N) is 2. The molecule has 0 atom stereocenters. The smallest absolute Gasteiger partial charge is 0.207 e. The maximum atomic E-state index is 11.7. The zero-order valence-electron chi connectivity index (χ0n) is 8.28. The van der Waals surface area contributed by atoms with Gasteiger partial charge in [-0.15, -0.1) is 0 Å². The Hall–Kier alpha value is -2.04. The third kappa shape index (κ3) is 1.52. The van der Waals surface area contributed by atoms with Crippen LogP contribution in [0.15, 0.2) is 23.1 Å². The monoisotopic (exact) mass is 205 g/mol. The first-order valence-corrected chi connectivity index (χ1v) is 4.59. The van der Waals surface area contributed by atoms with Gasteiger partial charge in [-0.2, -0.15) is 0 Å². The number of aromatic amines is 1. The van der Waals surface area contributed by atoms with E-state index >= 15 is 0 Å². The summed E-state index contributed by atoms with van der Waals surface area (Å²) in [7, 11) is 0. The highest BCUT2D eigenvalue weighted by Gasteiger charge is 2.07. The highest BCUT2D eigenvalue weighted by molar-refractivity contribution is 5.56. The molecule has 0 spiro atoms. The van der Waals surface area contributed by atoms with Gasteiger partial charge in [0.25, 0.3) is 0 Å². The van der Waals surface area contributed by atoms with E-state index in [1.807, 2.05) is 17.5 Å². The highest BCUT2D eigenvalue weighted by Crippen LogP contribution is 2.08. The second-order valence-corrected chi connectivity index (χ2v) is 3.31. The second-order valence-electron chi connectivity index (χ2n) is 3.31. The van der Waals surface area contributed by atoms with Crippen molar-refractivity contribution >= 4 is 11.9 Å². The van der Waals surface area contributed by atoms with Crippen molar-refractivity contribution < 1.29 is 4.79 Å². The molecular weight excluding hydrogens is 194 g/mol. The molecule has 0 aromatic carbocycles. The summed E-state index contributed by atoms with van der Waals surface area (Å²) in [5.41, 5.74) is 2.18. The third-order valence-electron chi connectivity index (χ3n) is 2.35. The number of aryl methyl sites for hydroxylation is 1. The van der Waals surface area contributed by atoms with Gasteiger partial charge >= 0.3 is 0 Å². The summed E-state index contributed by atoms with van der Waals surface area (Å²) < 4.78 is 1.81. The fraction of sp³-hybridized carbons (Fsp3) is 0.200. The van der Waals surface area contributed by atoms with Gasteiger partial charge in [-0.1, -0.05) is 0 Å². The Kier molecular flexibility index (Phi) is 2.29. The van der Waals surface area contributed by atoms with E-state index in [0.29, 0.717) is 12.0 Å². The Morgan fingerprint density at radius 3 is 3.13 bits per heavy atom. The predicted molar refractivity (Wildman–Crippen MR) is 55.7 cm³/mol. The van der Waals surface area contributed by atoms with Crippen LogP contribution in [0.5, 0.6) is 0 Å². The summed E-state index contributed by atoms with van der Waals surface area (Å²) in [6.07, 6.45) is 2.34. The number of carbonyl (C=O) groups excluding carboxylic acids is 1. The number of hydrogen-bond acceptors (Lipinski definition) is 2. The highest BCUT2D eigenvalue weighted by atomic mass is 16.1. The fourth-order valence-corrected chi connectivity index (χ4v) is 1.65. The van der Waals surface area contributed by atoms with Crippen molar-refractivity contribution in [3.05, 3.63) is 39.8 Å². The molecule has 0 saturated heterocycles. The van der Waals surface area contributed by atoms with Crippen molar-refractivity contribution in [1.82, 2.24) is 14.9 Å². The zero-order chi connectivity index (χ0) is 10.8. The molecule has 1 amide bonds. The van der Waals surface area contributed by atoms with Crippen molar-refractivity contribution in [3.8, 4) is 0 Å². The predicted octanol–water partition coefficient (Wildman–Crippen LogP) is 0.182. The first-order valence-electron chi connectivity index (χ1n) is 4.59. The Morgan fingerprint density at radius 1 is 1.60 bits per heavy atom. The second kappa shape index (κ2) is 3.61. The summed E-state index contributed by atoms with van der Waals surface area (Å²) in [5, 5.41) is 5.49. The molecule has 2 aromatic heterocycles. The maximum absolute atomic E-state index is 11.7. The SMILES string of the molecule is Cc1cc(=O)c(CNC=O)c2cc[nH]n12. The standard InChI is InChI=1S/C10H11N3O2/c1-7-4-10(15)8(5-11-6-14)9-2-3-12-13(7)9/h2-4,6,12H,5H2,1H3,(H,11,14). The van der Waals surface area contributed by atoms with Gasteiger partial charge in [0.15, 0.2) is 5.43 Å². The summed E-state index contributed by atoms with van der Waals surface area (Å²) in [5.74, 6) is 0. The van der Waals surface area contributed by atoms with Crippen LogP contribution < -0.4 is 10.7 Å². The fourth-order valence-electron chi connectivity index (χ4n) is 1.65. The molecule has 15 heavy (non-hydrogen) atoms. The van der Waals surface area contributed by atoms with Gasteiger partial charge in [0.2, 0.25) is 6.41 Å². The minimum atomic E-state index is -0.0542. The molecule has 0 unspecified atom stereocenters. The van der Waals surface area contributed by atoms with Gasteiger partial charge in [0, 0.05) is 30.1 Å². The van der Waals surface area contributed by atoms with Gasteiger partial charge in [0.1, 0.15) is 0 Å². The van der Waals surface area contributed by atoms with E-state index < -0.39 is 0 Å². The topological polar surface area (TPSA) is 66.4 Å². The Morgan fingerprint density at radius 2 is 2.40 bits per heavy atom. The largest absolute Gasteiger partial charge is 0.354 e. The van der Waals surface area contributed by atoms with Crippen LogP contribution in [-0.4, -0.2) is 16.0 Å². The molecular formula is C10H11N3O2. The average molecular weight is 205 g/mol. The number of amides is 1. The summed E-state index contributed by atoms with van der Waals surface area (Å²) in [6.45, 7) is 2.10. The van der Waals surface area contributed by atoms with Gasteiger partial charge in [-0.25, -0.2) is 0 Å². The number of pyridine rings is 1. The van der Waals surface area contributed by atoms with Crippen LogP contribution in [0, 0.1) is 6.92 Å². The van der Waals surface area contributed by atoms with E-state index in [1.165, 1.54) is 0 Å². The molecule has 78 valence electrons. The number of H-pyrrole nitrogens is 1. The number of nitrogens with zero attached hydrogens (tertiary/aromatic N) is 1. The first-order chi connectivity index (χ1) is 7.24. The van der Waals surface area contributed by atoms with Gasteiger partial charge < -0.3 is 10.4 Å². The maximum Gasteiger partial charge on any atom is 0.207 e. The molecule has 2 rings (SSSR count). The number of fused-ring (bicyclic) bond motifs is 1. The molecule has 2 N–H and O–H groups in total. The van der Waals surface area contributed by atoms with Crippen molar-refractivity contribution in [3.63, 3.8) is 0 Å². The molecule has 0 aliphatic rings. The molecule has 2 heterocycles. The van der Waals surface area contributed by atoms with Crippen molar-refractivity contribution in [2.24, 2.45) is 0 Å². The summed E-state index contributed by atoms with van der Waals surface area (Å²) in [6, 6.07) is 3.36. The molecule has 0 aliphatic carbocycles. The van der Waals surface area contributed by atoms with Gasteiger partial charge in [-0.05, 0) is 13.0 Å². The van der Waals surface area contributed by atoms with Crippen LogP contribution in [0.3, 0.4) is 0 Å². The molecule has 0 aliphatic heterocycles. The first kappa shape index (κ1) is 9.51. The van der Waals surface area contributed by atoms with E-state index in [4.69, 9.17) is 0 Å². The van der Waals surface area contributed by atoms with E-state index in [-0.39, 0.29) is 12.0 Å². The molecule has 0 saturated carbocycles. The van der Waals surface area contributed by atoms with Crippen LogP contribution in [0.1, 0.15) is 11.3 Å². The Labute approximate surface area is 85.7 Å². The lowest BCUT2D eigenvalue weighted by atomic mass is 10.2. The van der Waals surface area contributed by atoms with Crippen LogP contribution in [0.2, 0.25) is 0 Å². The van der Waals surface area contributed by atoms with Crippen molar-refractivity contribution in [2.45, 2.75) is 13.5 Å². The zero-order valence-corrected chi connectivity index (χ0v) is 8.28.